The van der Waals surface area contributed by atoms with Gasteiger partial charge in [0.25, 0.3) is 0 Å². The quantitative estimate of drug-likeness (QED) is 0.892. The first-order valence-corrected chi connectivity index (χ1v) is 7.43. The number of pyridine rings is 1. The summed E-state index contributed by atoms with van der Waals surface area (Å²) in [6.07, 6.45) is 6.97. The van der Waals surface area contributed by atoms with Gasteiger partial charge in [0.05, 0.1) is 11.9 Å². The van der Waals surface area contributed by atoms with Crippen LogP contribution in [0.15, 0.2) is 18.3 Å². The topological polar surface area (TPSA) is 57.3 Å². The number of carbonyl (C=O) groups is 1. The minimum absolute atomic E-state index is 0.117. The van der Waals surface area contributed by atoms with Crippen molar-refractivity contribution in [2.45, 2.75) is 45.6 Å². The van der Waals surface area contributed by atoms with Crippen LogP contribution in [0.1, 0.15) is 39.5 Å². The molecule has 0 atom stereocenters. The smallest absolute Gasteiger partial charge is 0.320 e. The first-order valence-electron chi connectivity index (χ1n) is 7.43. The summed E-state index contributed by atoms with van der Waals surface area (Å²) in [6.45, 7) is 6.05. The zero-order valence-electron chi connectivity index (χ0n) is 12.4. The lowest BCUT2D eigenvalue weighted by Crippen LogP contribution is -2.34. The zero-order chi connectivity index (χ0) is 14.4. The number of urea groups is 1. The first-order chi connectivity index (χ1) is 9.65. The number of hydrogen-bond donors (Lipinski definition) is 2. The molecule has 0 aromatic carbocycles. The molecule has 1 aliphatic heterocycles. The molecule has 1 fully saturated rings. The minimum Gasteiger partial charge on any atom is -0.370 e. The van der Waals surface area contributed by atoms with Gasteiger partial charge in [0, 0.05) is 19.1 Å². The second-order valence-electron chi connectivity index (χ2n) is 5.56. The Bertz CT molecular complexity index is 422. The highest BCUT2D eigenvalue weighted by Gasteiger charge is 2.10. The molecular weight excluding hydrogens is 252 g/mol. The Labute approximate surface area is 120 Å². The summed E-state index contributed by atoms with van der Waals surface area (Å²) in [5.74, 6) is 0.585. The Kier molecular flexibility index (Phi) is 5.21. The minimum atomic E-state index is -0.213. The van der Waals surface area contributed by atoms with Gasteiger partial charge in [0.2, 0.25) is 0 Å². The molecule has 5 heteroatoms. The van der Waals surface area contributed by atoms with E-state index in [2.05, 4.69) is 20.5 Å². The predicted octanol–water partition coefficient (Wildman–Crippen LogP) is 2.99. The van der Waals surface area contributed by atoms with Gasteiger partial charge in [-0.15, -0.1) is 0 Å². The second kappa shape index (κ2) is 7.12. The maximum absolute atomic E-state index is 11.6. The number of aromatic nitrogens is 1. The van der Waals surface area contributed by atoms with Gasteiger partial charge in [-0.3, -0.25) is 5.32 Å². The Balaban J connectivity index is 1.93. The molecule has 0 unspecified atom stereocenters. The van der Waals surface area contributed by atoms with E-state index in [4.69, 9.17) is 0 Å². The molecule has 5 nitrogen and oxygen atoms in total. The molecule has 2 amide bonds. The van der Waals surface area contributed by atoms with Crippen LogP contribution in [0.3, 0.4) is 0 Å². The number of hydrogen-bond acceptors (Lipinski definition) is 3. The van der Waals surface area contributed by atoms with Gasteiger partial charge in [-0.05, 0) is 38.8 Å². The van der Waals surface area contributed by atoms with Crippen LogP contribution in [0, 0.1) is 0 Å². The maximum atomic E-state index is 11.6. The third-order valence-electron chi connectivity index (χ3n) is 3.38. The van der Waals surface area contributed by atoms with E-state index in [9.17, 15) is 4.79 Å². The Morgan fingerprint density at radius 3 is 2.45 bits per heavy atom. The number of anilines is 2. The summed E-state index contributed by atoms with van der Waals surface area (Å²) >= 11 is 0. The molecule has 1 aromatic rings. The fourth-order valence-electron chi connectivity index (χ4n) is 2.39. The molecule has 20 heavy (non-hydrogen) atoms. The molecule has 1 aromatic heterocycles. The maximum Gasteiger partial charge on any atom is 0.320 e. The zero-order valence-corrected chi connectivity index (χ0v) is 12.4. The van der Waals surface area contributed by atoms with Crippen molar-refractivity contribution in [3.8, 4) is 0 Å². The van der Waals surface area contributed by atoms with Crippen LogP contribution in [-0.2, 0) is 0 Å². The number of nitrogens with zero attached hydrogens (tertiary/aromatic N) is 2. The van der Waals surface area contributed by atoms with E-state index in [0.717, 1.165) is 18.8 Å². The van der Waals surface area contributed by atoms with Crippen molar-refractivity contribution in [3.63, 3.8) is 0 Å². The Morgan fingerprint density at radius 2 is 1.90 bits per heavy atom. The molecular formula is C15H24N4O. The van der Waals surface area contributed by atoms with Crippen molar-refractivity contribution in [2.75, 3.05) is 23.3 Å². The van der Waals surface area contributed by atoms with Gasteiger partial charge in [0.1, 0.15) is 5.82 Å². The van der Waals surface area contributed by atoms with Gasteiger partial charge >= 0.3 is 6.03 Å². The lowest BCUT2D eigenvalue weighted by atomic mass is 10.2. The van der Waals surface area contributed by atoms with Gasteiger partial charge in [0.15, 0.2) is 0 Å². The van der Waals surface area contributed by atoms with Crippen LogP contribution < -0.4 is 15.5 Å². The average Bonchev–Trinajstić information content (AvgIpc) is 2.67. The standard InChI is InChI=1S/C15H24N4O/c1-12(2)17-15(20)18-14-8-7-13(11-16-14)19-9-5-3-4-6-10-19/h7-8,11-12H,3-6,9-10H2,1-2H3,(H2,16,17,18,20). The van der Waals surface area contributed by atoms with Crippen molar-refractivity contribution in [1.29, 1.82) is 0 Å². The summed E-state index contributed by atoms with van der Waals surface area (Å²) in [5.41, 5.74) is 1.14. The summed E-state index contributed by atoms with van der Waals surface area (Å²) in [4.78, 5) is 18.3. The highest BCUT2D eigenvalue weighted by Crippen LogP contribution is 2.19. The summed E-state index contributed by atoms with van der Waals surface area (Å²) < 4.78 is 0. The van der Waals surface area contributed by atoms with E-state index < -0.39 is 0 Å². The monoisotopic (exact) mass is 276 g/mol. The normalized spacial score (nSPS) is 15.8. The van der Waals surface area contributed by atoms with Gasteiger partial charge < -0.3 is 10.2 Å². The van der Waals surface area contributed by atoms with Gasteiger partial charge in [-0.1, -0.05) is 12.8 Å². The van der Waals surface area contributed by atoms with E-state index >= 15 is 0 Å². The summed E-state index contributed by atoms with van der Waals surface area (Å²) in [7, 11) is 0. The van der Waals surface area contributed by atoms with Crippen LogP contribution in [0.25, 0.3) is 0 Å². The molecule has 0 saturated carbocycles. The van der Waals surface area contributed by atoms with Crippen molar-refractivity contribution >= 4 is 17.5 Å². The van der Waals surface area contributed by atoms with E-state index in [1.54, 1.807) is 0 Å². The molecule has 0 spiro atoms. The summed E-state index contributed by atoms with van der Waals surface area (Å²) in [6, 6.07) is 3.80. The van der Waals surface area contributed by atoms with Crippen LogP contribution in [0.5, 0.6) is 0 Å². The number of nitrogens with one attached hydrogen (secondary N) is 2. The van der Waals surface area contributed by atoms with E-state index in [1.807, 2.05) is 32.2 Å². The van der Waals surface area contributed by atoms with Crippen molar-refractivity contribution in [1.82, 2.24) is 10.3 Å². The lowest BCUT2D eigenvalue weighted by molar-refractivity contribution is 0.250. The third-order valence-corrected chi connectivity index (χ3v) is 3.38. The van der Waals surface area contributed by atoms with Crippen LogP contribution in [0.2, 0.25) is 0 Å². The average molecular weight is 276 g/mol. The summed E-state index contributed by atoms with van der Waals surface area (Å²) in [5, 5.41) is 5.51. The van der Waals surface area contributed by atoms with Crippen LogP contribution >= 0.6 is 0 Å². The third kappa shape index (κ3) is 4.40. The fourth-order valence-corrected chi connectivity index (χ4v) is 2.39. The van der Waals surface area contributed by atoms with Gasteiger partial charge in [-0.2, -0.15) is 0 Å². The van der Waals surface area contributed by atoms with E-state index in [-0.39, 0.29) is 12.1 Å². The van der Waals surface area contributed by atoms with Crippen molar-refractivity contribution in [2.24, 2.45) is 0 Å². The van der Waals surface area contributed by atoms with Crippen LogP contribution in [-0.4, -0.2) is 30.1 Å². The Morgan fingerprint density at radius 1 is 1.20 bits per heavy atom. The number of rotatable bonds is 3. The molecule has 2 rings (SSSR count). The fraction of sp³-hybridized carbons (Fsp3) is 0.600. The van der Waals surface area contributed by atoms with Crippen molar-refractivity contribution in [3.05, 3.63) is 18.3 Å². The molecule has 2 N–H and O–H groups in total. The number of carbonyl (C=O) groups excluding carboxylic acids is 1. The molecule has 0 radical (unpaired) electrons. The molecule has 1 saturated heterocycles. The number of amides is 2. The lowest BCUT2D eigenvalue weighted by Gasteiger charge is -2.22. The molecule has 0 bridgehead atoms. The first kappa shape index (κ1) is 14.6. The predicted molar refractivity (Wildman–Crippen MR) is 82.2 cm³/mol. The molecule has 1 aliphatic rings. The molecule has 0 aliphatic carbocycles. The van der Waals surface area contributed by atoms with Crippen LogP contribution in [0.4, 0.5) is 16.3 Å². The van der Waals surface area contributed by atoms with Gasteiger partial charge in [-0.25, -0.2) is 9.78 Å². The Hall–Kier alpha value is -1.78. The molecule has 110 valence electrons. The second-order valence-corrected chi connectivity index (χ2v) is 5.56. The van der Waals surface area contributed by atoms with E-state index in [1.165, 1.54) is 25.7 Å². The highest BCUT2D eigenvalue weighted by atomic mass is 16.2. The molecule has 2 heterocycles. The van der Waals surface area contributed by atoms with Crippen molar-refractivity contribution < 1.29 is 4.79 Å². The SMILES string of the molecule is CC(C)NC(=O)Nc1ccc(N2CCCCCC2)cn1. The largest absolute Gasteiger partial charge is 0.370 e. The van der Waals surface area contributed by atoms with E-state index in [0.29, 0.717) is 5.82 Å². The highest BCUT2D eigenvalue weighted by molar-refractivity contribution is 5.88.